The van der Waals surface area contributed by atoms with Crippen LogP contribution in [0.3, 0.4) is 0 Å². The Hall–Kier alpha value is -2.30. The molecule has 0 spiro atoms. The standard InChI is InChI=1S/C14H16O5/c1-4-19-13-7-9(2)5-6-10(13)11(15)8-12(16)14(17)18-3/h5-8,15H,4H2,1-3H3. The Kier molecular flexibility index (Phi) is 5.11. The quantitative estimate of drug-likeness (QED) is 0.381. The molecule has 0 atom stereocenters. The van der Waals surface area contributed by atoms with E-state index in [1.807, 2.05) is 13.8 Å². The molecule has 0 fully saturated rings. The first-order valence-electron chi connectivity index (χ1n) is 5.76. The predicted octanol–water partition coefficient (Wildman–Crippen LogP) is 2.03. The summed E-state index contributed by atoms with van der Waals surface area (Å²) in [4.78, 5) is 22.3. The lowest BCUT2D eigenvalue weighted by molar-refractivity contribution is -0.149. The number of aliphatic hydroxyl groups is 1. The molecule has 5 heteroatoms. The van der Waals surface area contributed by atoms with Crippen molar-refractivity contribution >= 4 is 17.5 Å². The van der Waals surface area contributed by atoms with Gasteiger partial charge in [-0.3, -0.25) is 4.79 Å². The fraction of sp³-hybridized carbons (Fsp3) is 0.286. The maximum absolute atomic E-state index is 11.3. The van der Waals surface area contributed by atoms with Gasteiger partial charge in [0.25, 0.3) is 5.78 Å². The molecule has 0 saturated carbocycles. The Bertz CT molecular complexity index is 517. The lowest BCUT2D eigenvalue weighted by Crippen LogP contribution is -2.13. The van der Waals surface area contributed by atoms with Crippen molar-refractivity contribution < 1.29 is 24.2 Å². The summed E-state index contributed by atoms with van der Waals surface area (Å²) in [5, 5.41) is 9.89. The number of aliphatic hydroxyl groups excluding tert-OH is 1. The van der Waals surface area contributed by atoms with Gasteiger partial charge >= 0.3 is 5.97 Å². The van der Waals surface area contributed by atoms with Crippen LogP contribution >= 0.6 is 0 Å². The van der Waals surface area contributed by atoms with Crippen LogP contribution in [0.2, 0.25) is 0 Å². The second kappa shape index (κ2) is 6.58. The van der Waals surface area contributed by atoms with Gasteiger partial charge in [0.05, 0.1) is 19.3 Å². The van der Waals surface area contributed by atoms with E-state index in [1.165, 1.54) is 0 Å². The van der Waals surface area contributed by atoms with E-state index in [0.717, 1.165) is 18.7 Å². The molecule has 0 aliphatic carbocycles. The van der Waals surface area contributed by atoms with Gasteiger partial charge in [0, 0.05) is 6.08 Å². The summed E-state index contributed by atoms with van der Waals surface area (Å²) >= 11 is 0. The Balaban J connectivity index is 3.11. The molecule has 0 unspecified atom stereocenters. The molecule has 1 rings (SSSR count). The SMILES string of the molecule is CCOc1cc(C)ccc1C(O)=CC(=O)C(=O)OC. The number of esters is 1. The van der Waals surface area contributed by atoms with Crippen molar-refractivity contribution in [2.24, 2.45) is 0 Å². The second-order valence-electron chi connectivity index (χ2n) is 3.82. The first-order chi connectivity index (χ1) is 8.99. The minimum absolute atomic E-state index is 0.334. The summed E-state index contributed by atoms with van der Waals surface area (Å²) in [5.41, 5.74) is 1.31. The number of hydrogen-bond acceptors (Lipinski definition) is 5. The van der Waals surface area contributed by atoms with E-state index in [0.29, 0.717) is 17.9 Å². The Morgan fingerprint density at radius 2 is 2.05 bits per heavy atom. The second-order valence-corrected chi connectivity index (χ2v) is 3.82. The van der Waals surface area contributed by atoms with Gasteiger partial charge in [0.1, 0.15) is 11.5 Å². The number of benzene rings is 1. The normalized spacial score (nSPS) is 11.0. The van der Waals surface area contributed by atoms with Crippen molar-refractivity contribution in [1.82, 2.24) is 0 Å². The molecule has 5 nitrogen and oxygen atoms in total. The van der Waals surface area contributed by atoms with Crippen molar-refractivity contribution in [2.45, 2.75) is 13.8 Å². The maximum atomic E-state index is 11.3. The van der Waals surface area contributed by atoms with Gasteiger partial charge < -0.3 is 14.6 Å². The summed E-state index contributed by atoms with van der Waals surface area (Å²) in [7, 11) is 1.10. The van der Waals surface area contributed by atoms with Crippen LogP contribution in [-0.4, -0.2) is 30.6 Å². The zero-order valence-electron chi connectivity index (χ0n) is 11.1. The van der Waals surface area contributed by atoms with Crippen LogP contribution in [0.5, 0.6) is 5.75 Å². The van der Waals surface area contributed by atoms with E-state index in [-0.39, 0.29) is 5.76 Å². The van der Waals surface area contributed by atoms with Crippen LogP contribution in [-0.2, 0) is 14.3 Å². The minimum Gasteiger partial charge on any atom is -0.507 e. The molecule has 0 aliphatic heterocycles. The first kappa shape index (κ1) is 14.8. The van der Waals surface area contributed by atoms with E-state index >= 15 is 0 Å². The van der Waals surface area contributed by atoms with Crippen molar-refractivity contribution in [3.63, 3.8) is 0 Å². The molecule has 1 N–H and O–H groups in total. The van der Waals surface area contributed by atoms with Crippen molar-refractivity contribution in [3.8, 4) is 5.75 Å². The third kappa shape index (κ3) is 3.84. The van der Waals surface area contributed by atoms with Crippen molar-refractivity contribution in [3.05, 3.63) is 35.4 Å². The molecule has 1 aromatic carbocycles. The summed E-state index contributed by atoms with van der Waals surface area (Å²) < 4.78 is 9.65. The number of rotatable bonds is 5. The van der Waals surface area contributed by atoms with Gasteiger partial charge in [0.15, 0.2) is 0 Å². The lowest BCUT2D eigenvalue weighted by Gasteiger charge is -2.10. The van der Waals surface area contributed by atoms with Gasteiger partial charge in [-0.1, -0.05) is 6.07 Å². The fourth-order valence-corrected chi connectivity index (χ4v) is 1.48. The van der Waals surface area contributed by atoms with Crippen LogP contribution in [0.25, 0.3) is 5.76 Å². The first-order valence-corrected chi connectivity index (χ1v) is 5.76. The summed E-state index contributed by atoms with van der Waals surface area (Å²) in [6.45, 7) is 4.12. The summed E-state index contributed by atoms with van der Waals surface area (Å²) in [6.07, 6.45) is 0.818. The molecule has 1 aromatic rings. The number of carbonyl (C=O) groups excluding carboxylic acids is 2. The number of carbonyl (C=O) groups is 2. The molecule has 0 aromatic heterocycles. The summed E-state index contributed by atoms with van der Waals surface area (Å²) in [6, 6.07) is 5.13. The molecule has 0 heterocycles. The number of aryl methyl sites for hydroxylation is 1. The van der Waals surface area contributed by atoms with Crippen LogP contribution in [0.1, 0.15) is 18.1 Å². The Morgan fingerprint density at radius 1 is 1.37 bits per heavy atom. The average Bonchev–Trinajstić information content (AvgIpc) is 2.38. The zero-order chi connectivity index (χ0) is 14.4. The molecule has 0 amide bonds. The molecule has 0 aliphatic rings. The highest BCUT2D eigenvalue weighted by Crippen LogP contribution is 2.26. The molecular formula is C14H16O5. The lowest BCUT2D eigenvalue weighted by atomic mass is 10.1. The molecule has 102 valence electrons. The predicted molar refractivity (Wildman–Crippen MR) is 70.0 cm³/mol. The Labute approximate surface area is 111 Å². The van der Waals surface area contributed by atoms with Gasteiger partial charge in [0.2, 0.25) is 0 Å². The molecule has 0 saturated heterocycles. The van der Waals surface area contributed by atoms with Gasteiger partial charge in [-0.2, -0.15) is 0 Å². The Morgan fingerprint density at radius 3 is 2.63 bits per heavy atom. The number of ether oxygens (including phenoxy) is 2. The van der Waals surface area contributed by atoms with Crippen LogP contribution in [0.4, 0.5) is 0 Å². The van der Waals surface area contributed by atoms with E-state index in [2.05, 4.69) is 4.74 Å². The zero-order valence-corrected chi connectivity index (χ0v) is 11.1. The fourth-order valence-electron chi connectivity index (χ4n) is 1.48. The topological polar surface area (TPSA) is 72.8 Å². The van der Waals surface area contributed by atoms with E-state index < -0.39 is 11.8 Å². The number of methoxy groups -OCH3 is 1. The molecular weight excluding hydrogens is 248 g/mol. The molecule has 0 radical (unpaired) electrons. The van der Waals surface area contributed by atoms with E-state index in [1.54, 1.807) is 18.2 Å². The monoisotopic (exact) mass is 264 g/mol. The highest BCUT2D eigenvalue weighted by Gasteiger charge is 2.15. The van der Waals surface area contributed by atoms with E-state index in [9.17, 15) is 14.7 Å². The van der Waals surface area contributed by atoms with Gasteiger partial charge in [-0.05, 0) is 31.5 Å². The van der Waals surface area contributed by atoms with Crippen molar-refractivity contribution in [2.75, 3.05) is 13.7 Å². The molecule has 0 bridgehead atoms. The highest BCUT2D eigenvalue weighted by atomic mass is 16.5. The highest BCUT2D eigenvalue weighted by molar-refractivity contribution is 6.39. The third-order valence-electron chi connectivity index (χ3n) is 2.37. The summed E-state index contributed by atoms with van der Waals surface area (Å²) in [5.74, 6) is -1.84. The number of ketones is 1. The third-order valence-corrected chi connectivity index (χ3v) is 2.37. The van der Waals surface area contributed by atoms with Gasteiger partial charge in [-0.25, -0.2) is 4.79 Å². The smallest absolute Gasteiger partial charge is 0.378 e. The van der Waals surface area contributed by atoms with Crippen LogP contribution in [0, 0.1) is 6.92 Å². The minimum atomic E-state index is -1.03. The van der Waals surface area contributed by atoms with Gasteiger partial charge in [-0.15, -0.1) is 0 Å². The van der Waals surface area contributed by atoms with E-state index in [4.69, 9.17) is 4.74 Å². The molecule has 19 heavy (non-hydrogen) atoms. The maximum Gasteiger partial charge on any atom is 0.378 e. The average molecular weight is 264 g/mol. The van der Waals surface area contributed by atoms with Crippen LogP contribution < -0.4 is 4.74 Å². The van der Waals surface area contributed by atoms with Crippen LogP contribution in [0.15, 0.2) is 24.3 Å². The number of hydrogen-bond donors (Lipinski definition) is 1. The van der Waals surface area contributed by atoms with Crippen molar-refractivity contribution in [1.29, 1.82) is 0 Å². The largest absolute Gasteiger partial charge is 0.507 e.